The summed E-state index contributed by atoms with van der Waals surface area (Å²) in [7, 11) is 1.65. The quantitative estimate of drug-likeness (QED) is 0.834. The number of amides is 1. The van der Waals surface area contributed by atoms with E-state index in [1.807, 2.05) is 29.2 Å². The number of hydrogen-bond acceptors (Lipinski definition) is 2. The van der Waals surface area contributed by atoms with Crippen LogP contribution in [0.1, 0.15) is 31.7 Å². The molecule has 1 heterocycles. The van der Waals surface area contributed by atoms with Gasteiger partial charge in [-0.1, -0.05) is 25.5 Å². The molecule has 0 spiro atoms. The van der Waals surface area contributed by atoms with Gasteiger partial charge >= 0.3 is 0 Å². The smallest absolute Gasteiger partial charge is 0.226 e. The fraction of sp³-hybridized carbons (Fsp3) is 0.562. The van der Waals surface area contributed by atoms with Crippen molar-refractivity contribution in [1.29, 1.82) is 0 Å². The molecule has 0 atom stereocenters. The van der Waals surface area contributed by atoms with Crippen molar-refractivity contribution in [2.24, 2.45) is 5.92 Å². The van der Waals surface area contributed by atoms with Gasteiger partial charge in [0, 0.05) is 13.1 Å². The lowest BCUT2D eigenvalue weighted by molar-refractivity contribution is -0.131. The molecule has 1 aliphatic rings. The molecule has 0 unspecified atom stereocenters. The molecule has 1 aliphatic heterocycles. The van der Waals surface area contributed by atoms with E-state index in [-0.39, 0.29) is 5.91 Å². The van der Waals surface area contributed by atoms with Crippen molar-refractivity contribution < 1.29 is 9.53 Å². The molecular formula is C16H23NO2. The van der Waals surface area contributed by atoms with Gasteiger partial charge < -0.3 is 9.64 Å². The van der Waals surface area contributed by atoms with Crippen LogP contribution in [0, 0.1) is 5.92 Å². The summed E-state index contributed by atoms with van der Waals surface area (Å²) in [5.41, 5.74) is 1.06. The fourth-order valence-electron chi connectivity index (χ4n) is 2.62. The molecule has 1 aromatic carbocycles. The highest BCUT2D eigenvalue weighted by Gasteiger charge is 2.21. The van der Waals surface area contributed by atoms with Crippen LogP contribution in [0.5, 0.6) is 5.75 Å². The minimum Gasteiger partial charge on any atom is -0.497 e. The maximum atomic E-state index is 12.2. The minimum absolute atomic E-state index is 0.250. The molecule has 3 heteroatoms. The summed E-state index contributed by atoms with van der Waals surface area (Å²) in [4.78, 5) is 14.2. The van der Waals surface area contributed by atoms with Gasteiger partial charge in [0.1, 0.15) is 5.75 Å². The summed E-state index contributed by atoms with van der Waals surface area (Å²) < 4.78 is 5.12. The average molecular weight is 261 g/mol. The van der Waals surface area contributed by atoms with Crippen molar-refractivity contribution in [2.45, 2.75) is 32.6 Å². The van der Waals surface area contributed by atoms with Crippen LogP contribution in [-0.4, -0.2) is 31.0 Å². The van der Waals surface area contributed by atoms with E-state index >= 15 is 0 Å². The van der Waals surface area contributed by atoms with E-state index in [1.165, 1.54) is 6.42 Å². The second kappa shape index (κ2) is 6.60. The summed E-state index contributed by atoms with van der Waals surface area (Å²) in [6.45, 7) is 4.08. The van der Waals surface area contributed by atoms with E-state index in [9.17, 15) is 4.79 Å². The summed E-state index contributed by atoms with van der Waals surface area (Å²) in [5.74, 6) is 1.89. The highest BCUT2D eigenvalue weighted by Crippen LogP contribution is 2.20. The molecule has 3 nitrogen and oxygen atoms in total. The van der Waals surface area contributed by atoms with Gasteiger partial charge in [0.15, 0.2) is 0 Å². The Morgan fingerprint density at radius 1 is 1.26 bits per heavy atom. The van der Waals surface area contributed by atoms with Crippen LogP contribution >= 0.6 is 0 Å². The van der Waals surface area contributed by atoms with Gasteiger partial charge in [0.25, 0.3) is 0 Å². The van der Waals surface area contributed by atoms with E-state index in [4.69, 9.17) is 4.74 Å². The lowest BCUT2D eigenvalue weighted by Gasteiger charge is -2.31. The zero-order valence-electron chi connectivity index (χ0n) is 11.9. The number of nitrogens with zero attached hydrogens (tertiary/aromatic N) is 1. The number of rotatable bonds is 4. The van der Waals surface area contributed by atoms with Crippen LogP contribution in [0.15, 0.2) is 24.3 Å². The number of benzene rings is 1. The molecule has 0 saturated carbocycles. The fourth-order valence-corrected chi connectivity index (χ4v) is 2.62. The number of ether oxygens (including phenoxy) is 1. The molecule has 0 bridgehead atoms. The van der Waals surface area contributed by atoms with Crippen LogP contribution in [0.25, 0.3) is 0 Å². The Balaban J connectivity index is 1.86. The van der Waals surface area contributed by atoms with Gasteiger partial charge in [0.05, 0.1) is 13.5 Å². The van der Waals surface area contributed by atoms with E-state index in [0.717, 1.165) is 43.2 Å². The first-order chi connectivity index (χ1) is 9.22. The first-order valence-electron chi connectivity index (χ1n) is 7.13. The zero-order valence-corrected chi connectivity index (χ0v) is 11.9. The Morgan fingerprint density at radius 2 is 1.89 bits per heavy atom. The number of piperidine rings is 1. The van der Waals surface area contributed by atoms with Crippen LogP contribution < -0.4 is 4.74 Å². The third kappa shape index (κ3) is 3.72. The second-order valence-electron chi connectivity index (χ2n) is 5.26. The van der Waals surface area contributed by atoms with Gasteiger partial charge in [-0.25, -0.2) is 0 Å². The van der Waals surface area contributed by atoms with Crippen LogP contribution in [0.3, 0.4) is 0 Å². The predicted molar refractivity (Wildman–Crippen MR) is 76.3 cm³/mol. The number of likely N-dealkylation sites (tertiary alicyclic amines) is 1. The number of carbonyl (C=O) groups is 1. The monoisotopic (exact) mass is 261 g/mol. The van der Waals surface area contributed by atoms with Crippen molar-refractivity contribution in [3.05, 3.63) is 29.8 Å². The second-order valence-corrected chi connectivity index (χ2v) is 5.26. The molecule has 0 aromatic heterocycles. The van der Waals surface area contributed by atoms with E-state index < -0.39 is 0 Å². The first kappa shape index (κ1) is 13.9. The van der Waals surface area contributed by atoms with Crippen molar-refractivity contribution in [1.82, 2.24) is 4.90 Å². The highest BCUT2D eigenvalue weighted by molar-refractivity contribution is 5.78. The van der Waals surface area contributed by atoms with Crippen LogP contribution in [0.2, 0.25) is 0 Å². The molecule has 1 fully saturated rings. The third-order valence-corrected chi connectivity index (χ3v) is 4.06. The summed E-state index contributed by atoms with van der Waals surface area (Å²) in [5, 5.41) is 0. The molecule has 0 aliphatic carbocycles. The SMILES string of the molecule is CCC1CCN(C(=O)Cc2ccc(OC)cc2)CC1. The standard InChI is InChI=1S/C16H23NO2/c1-3-13-8-10-17(11-9-13)16(18)12-14-4-6-15(19-2)7-5-14/h4-7,13H,3,8-12H2,1-2H3. The molecule has 0 N–H and O–H groups in total. The number of methoxy groups -OCH3 is 1. The molecule has 1 amide bonds. The van der Waals surface area contributed by atoms with Crippen LogP contribution in [0.4, 0.5) is 0 Å². The van der Waals surface area contributed by atoms with Gasteiger partial charge in [-0.3, -0.25) is 4.79 Å². The van der Waals surface area contributed by atoms with Gasteiger partial charge in [-0.15, -0.1) is 0 Å². The van der Waals surface area contributed by atoms with Gasteiger partial charge in [0.2, 0.25) is 5.91 Å². The first-order valence-corrected chi connectivity index (χ1v) is 7.13. The molecular weight excluding hydrogens is 238 g/mol. The molecule has 1 aromatic rings. The van der Waals surface area contributed by atoms with Crippen molar-refractivity contribution >= 4 is 5.91 Å². The van der Waals surface area contributed by atoms with Crippen molar-refractivity contribution in [2.75, 3.05) is 20.2 Å². The van der Waals surface area contributed by atoms with E-state index in [1.54, 1.807) is 7.11 Å². The van der Waals surface area contributed by atoms with E-state index in [2.05, 4.69) is 6.92 Å². The third-order valence-electron chi connectivity index (χ3n) is 4.06. The Hall–Kier alpha value is -1.51. The van der Waals surface area contributed by atoms with Crippen molar-refractivity contribution in [3.63, 3.8) is 0 Å². The largest absolute Gasteiger partial charge is 0.497 e. The highest BCUT2D eigenvalue weighted by atomic mass is 16.5. The number of hydrogen-bond donors (Lipinski definition) is 0. The Kier molecular flexibility index (Phi) is 4.83. The summed E-state index contributed by atoms with van der Waals surface area (Å²) in [6.07, 6.45) is 4.05. The zero-order chi connectivity index (χ0) is 13.7. The predicted octanol–water partition coefficient (Wildman–Crippen LogP) is 2.89. The Morgan fingerprint density at radius 3 is 2.42 bits per heavy atom. The topological polar surface area (TPSA) is 29.5 Å². The molecule has 2 rings (SSSR count). The van der Waals surface area contributed by atoms with E-state index in [0.29, 0.717) is 6.42 Å². The van der Waals surface area contributed by atoms with Crippen molar-refractivity contribution in [3.8, 4) is 5.75 Å². The average Bonchev–Trinajstić information content (AvgIpc) is 2.48. The molecule has 1 saturated heterocycles. The van der Waals surface area contributed by atoms with Gasteiger partial charge in [-0.2, -0.15) is 0 Å². The van der Waals surface area contributed by atoms with Crippen LogP contribution in [-0.2, 0) is 11.2 Å². The minimum atomic E-state index is 0.250. The molecule has 0 radical (unpaired) electrons. The lowest BCUT2D eigenvalue weighted by atomic mass is 9.94. The summed E-state index contributed by atoms with van der Waals surface area (Å²) >= 11 is 0. The maximum absolute atomic E-state index is 12.2. The maximum Gasteiger partial charge on any atom is 0.226 e. The number of carbonyl (C=O) groups excluding carboxylic acids is 1. The van der Waals surface area contributed by atoms with Gasteiger partial charge in [-0.05, 0) is 36.5 Å². The molecule has 19 heavy (non-hydrogen) atoms. The molecule has 104 valence electrons. The Labute approximate surface area is 115 Å². The normalized spacial score (nSPS) is 16.4. The summed E-state index contributed by atoms with van der Waals surface area (Å²) in [6, 6.07) is 7.75. The Bertz CT molecular complexity index is 405. The lowest BCUT2D eigenvalue weighted by Crippen LogP contribution is -2.39.